The summed E-state index contributed by atoms with van der Waals surface area (Å²) in [6.45, 7) is 2.81. The molecule has 1 fully saturated rings. The second kappa shape index (κ2) is 13.1. The van der Waals surface area contributed by atoms with E-state index in [4.69, 9.17) is 21.3 Å². The summed E-state index contributed by atoms with van der Waals surface area (Å²) in [5.74, 6) is -2.49. The summed E-state index contributed by atoms with van der Waals surface area (Å²) in [5, 5.41) is 27.2. The number of nitrogens with two attached hydrogens (primary N) is 1. The van der Waals surface area contributed by atoms with Crippen LogP contribution in [0.25, 0.3) is 6.08 Å². The minimum absolute atomic E-state index is 0.101. The highest BCUT2D eigenvalue weighted by atomic mass is 32.2. The largest absolute Gasteiger partial charge is 0.489 e. The lowest BCUT2D eigenvalue weighted by molar-refractivity contribution is -0.134. The molecule has 1 saturated heterocycles. The van der Waals surface area contributed by atoms with Crippen molar-refractivity contribution in [3.05, 3.63) is 65.2 Å². The van der Waals surface area contributed by atoms with Crippen LogP contribution in [-0.2, 0) is 14.8 Å². The van der Waals surface area contributed by atoms with E-state index >= 15 is 0 Å². The molecule has 6 N–H and O–H groups in total. The van der Waals surface area contributed by atoms with E-state index in [1.165, 1.54) is 25.2 Å². The first kappa shape index (κ1) is 30.2. The van der Waals surface area contributed by atoms with Gasteiger partial charge in [-0.25, -0.2) is 8.42 Å². The van der Waals surface area contributed by atoms with E-state index in [0.29, 0.717) is 42.9 Å². The molecule has 0 saturated carbocycles. The molecule has 0 bridgehead atoms. The summed E-state index contributed by atoms with van der Waals surface area (Å²) in [6, 6.07) is 11.2. The van der Waals surface area contributed by atoms with Crippen LogP contribution in [0.4, 0.5) is 5.69 Å². The Bertz CT molecular complexity index is 1420. The van der Waals surface area contributed by atoms with Gasteiger partial charge in [0.05, 0.1) is 23.6 Å². The molecule has 2 aromatic rings. The number of nitrogen functional groups attached to an aromatic ring is 1. The van der Waals surface area contributed by atoms with Gasteiger partial charge in [0.15, 0.2) is 5.75 Å². The van der Waals surface area contributed by atoms with Gasteiger partial charge < -0.3 is 25.8 Å². The van der Waals surface area contributed by atoms with E-state index in [1.807, 2.05) is 4.90 Å². The summed E-state index contributed by atoms with van der Waals surface area (Å²) in [4.78, 5) is 26.1. The molecule has 1 aliphatic heterocycles. The third kappa shape index (κ3) is 7.82. The SMILES string of the molecule is CNC(=O)c1cc(N(C/C=C/c2cccc(C(=N)N)c2)S(=O)(=O)CC(=O)O)ccc1OC1CCN(C(C)=N)CC1. The Balaban J connectivity index is 1.92. The highest BCUT2D eigenvalue weighted by molar-refractivity contribution is 7.93. The summed E-state index contributed by atoms with van der Waals surface area (Å²) >= 11 is 0. The molecular formula is C27H34N6O6S. The van der Waals surface area contributed by atoms with Gasteiger partial charge in [-0.2, -0.15) is 0 Å². The molecule has 0 atom stereocenters. The van der Waals surface area contributed by atoms with Crippen LogP contribution in [0.5, 0.6) is 5.75 Å². The molecule has 214 valence electrons. The number of amides is 1. The minimum Gasteiger partial charge on any atom is -0.489 e. The molecule has 40 heavy (non-hydrogen) atoms. The van der Waals surface area contributed by atoms with Crippen LogP contribution in [-0.4, -0.2) is 80.5 Å². The first-order chi connectivity index (χ1) is 18.9. The Kier molecular flexibility index (Phi) is 9.88. The fourth-order valence-corrected chi connectivity index (χ4v) is 5.50. The van der Waals surface area contributed by atoms with Gasteiger partial charge in [0.1, 0.15) is 17.7 Å². The second-order valence-corrected chi connectivity index (χ2v) is 11.2. The van der Waals surface area contributed by atoms with Crippen molar-refractivity contribution in [2.24, 2.45) is 5.73 Å². The van der Waals surface area contributed by atoms with Gasteiger partial charge in [0.2, 0.25) is 10.0 Å². The van der Waals surface area contributed by atoms with E-state index in [2.05, 4.69) is 5.32 Å². The lowest BCUT2D eigenvalue weighted by atomic mass is 10.1. The lowest BCUT2D eigenvalue weighted by Gasteiger charge is -2.33. The zero-order valence-electron chi connectivity index (χ0n) is 22.4. The molecule has 12 nitrogen and oxygen atoms in total. The maximum atomic E-state index is 13.1. The van der Waals surface area contributed by atoms with Crippen LogP contribution in [0.2, 0.25) is 0 Å². The van der Waals surface area contributed by atoms with Crippen molar-refractivity contribution < 1.29 is 27.9 Å². The van der Waals surface area contributed by atoms with Crippen molar-refractivity contribution in [3.63, 3.8) is 0 Å². The molecule has 0 unspecified atom stereocenters. The average Bonchev–Trinajstić information content (AvgIpc) is 2.90. The maximum Gasteiger partial charge on any atom is 0.320 e. The lowest BCUT2D eigenvalue weighted by Crippen LogP contribution is -2.40. The quantitative estimate of drug-likeness (QED) is 0.200. The minimum atomic E-state index is -4.32. The molecule has 3 rings (SSSR count). The monoisotopic (exact) mass is 570 g/mol. The first-order valence-electron chi connectivity index (χ1n) is 12.6. The van der Waals surface area contributed by atoms with Crippen molar-refractivity contribution in [1.29, 1.82) is 10.8 Å². The Morgan fingerprint density at radius 3 is 2.50 bits per heavy atom. The number of carboxylic acid groups (broad SMARTS) is 1. The summed E-state index contributed by atoms with van der Waals surface area (Å²) in [6.07, 6.45) is 4.29. The summed E-state index contributed by atoms with van der Waals surface area (Å²) in [5.41, 5.74) is 6.92. The zero-order valence-corrected chi connectivity index (χ0v) is 23.2. The molecule has 1 amide bonds. The van der Waals surface area contributed by atoms with Gasteiger partial charge in [-0.05, 0) is 36.8 Å². The molecule has 1 heterocycles. The number of anilines is 1. The number of hydrogen-bond donors (Lipinski definition) is 5. The molecule has 0 aliphatic carbocycles. The molecule has 0 spiro atoms. The number of ether oxygens (including phenoxy) is 1. The topological polar surface area (TPSA) is 190 Å². The summed E-state index contributed by atoms with van der Waals surface area (Å²) in [7, 11) is -2.88. The van der Waals surface area contributed by atoms with Crippen molar-refractivity contribution in [3.8, 4) is 5.75 Å². The van der Waals surface area contributed by atoms with Gasteiger partial charge in [-0.3, -0.25) is 24.7 Å². The van der Waals surface area contributed by atoms with Crippen LogP contribution in [0, 0.1) is 10.8 Å². The molecule has 0 radical (unpaired) electrons. The number of nitrogens with one attached hydrogen (secondary N) is 3. The standard InChI is InChI=1S/C27H34N6O6S/c1-18(28)32-13-10-22(11-14-32)39-24-9-8-21(16-23(24)27(36)31-2)33(40(37,38)17-25(34)35)12-4-6-19-5-3-7-20(15-19)26(29)30/h3-9,15-16,22,28H,10-14,17H2,1-2H3,(H3,29,30)(H,31,36)(H,34,35)/b6-4+,28-18?. The van der Waals surface area contributed by atoms with Crippen molar-refractivity contribution in [2.45, 2.75) is 25.9 Å². The number of carbonyl (C=O) groups excluding carboxylic acids is 1. The number of benzene rings is 2. The molecular weight excluding hydrogens is 536 g/mol. The number of carbonyl (C=O) groups is 2. The number of piperidine rings is 1. The van der Waals surface area contributed by atoms with E-state index in [0.717, 1.165) is 4.31 Å². The first-order valence-corrected chi connectivity index (χ1v) is 14.2. The normalized spacial score (nSPS) is 14.1. The average molecular weight is 571 g/mol. The molecule has 1 aliphatic rings. The smallest absolute Gasteiger partial charge is 0.320 e. The van der Waals surface area contributed by atoms with E-state index < -0.39 is 27.7 Å². The number of likely N-dealkylation sites (tertiary alicyclic amines) is 1. The Hall–Kier alpha value is -4.39. The van der Waals surface area contributed by atoms with Gasteiger partial charge in [0, 0.05) is 38.5 Å². The number of hydrogen-bond acceptors (Lipinski definition) is 7. The number of amidine groups is 2. The highest BCUT2D eigenvalue weighted by Crippen LogP contribution is 2.29. The highest BCUT2D eigenvalue weighted by Gasteiger charge is 2.28. The number of carboxylic acids is 1. The predicted molar refractivity (Wildman–Crippen MR) is 154 cm³/mol. The van der Waals surface area contributed by atoms with Crippen LogP contribution >= 0.6 is 0 Å². The maximum absolute atomic E-state index is 13.1. The number of rotatable bonds is 11. The predicted octanol–water partition coefficient (Wildman–Crippen LogP) is 2.10. The van der Waals surface area contributed by atoms with E-state index in [1.54, 1.807) is 43.3 Å². The van der Waals surface area contributed by atoms with E-state index in [-0.39, 0.29) is 35.5 Å². The molecule has 2 aromatic carbocycles. The number of sulfonamides is 1. The molecule has 0 aromatic heterocycles. The van der Waals surface area contributed by atoms with Crippen molar-refractivity contribution in [2.75, 3.05) is 36.7 Å². The van der Waals surface area contributed by atoms with Crippen LogP contribution in [0.3, 0.4) is 0 Å². The number of aliphatic carboxylic acids is 1. The second-order valence-electron chi connectivity index (χ2n) is 9.27. The molecule has 13 heteroatoms. The van der Waals surface area contributed by atoms with Gasteiger partial charge >= 0.3 is 5.97 Å². The zero-order chi connectivity index (χ0) is 29.4. The van der Waals surface area contributed by atoms with Crippen molar-refractivity contribution in [1.82, 2.24) is 10.2 Å². The van der Waals surface area contributed by atoms with Gasteiger partial charge in [-0.15, -0.1) is 0 Å². The van der Waals surface area contributed by atoms with Crippen molar-refractivity contribution >= 4 is 45.3 Å². The third-order valence-electron chi connectivity index (χ3n) is 6.35. The Morgan fingerprint density at radius 2 is 1.90 bits per heavy atom. The van der Waals surface area contributed by atoms with Gasteiger partial charge in [-0.1, -0.05) is 30.4 Å². The van der Waals surface area contributed by atoms with E-state index in [9.17, 15) is 23.1 Å². The Morgan fingerprint density at radius 1 is 1.20 bits per heavy atom. The Labute approximate surface area is 233 Å². The number of nitrogens with zero attached hydrogens (tertiary/aromatic N) is 2. The van der Waals surface area contributed by atoms with Crippen LogP contribution in [0.1, 0.15) is 41.3 Å². The fourth-order valence-electron chi connectivity index (χ4n) is 4.28. The third-order valence-corrected chi connectivity index (χ3v) is 8.00. The summed E-state index contributed by atoms with van der Waals surface area (Å²) < 4.78 is 33.2. The van der Waals surface area contributed by atoms with Crippen LogP contribution < -0.4 is 20.1 Å². The van der Waals surface area contributed by atoms with Gasteiger partial charge in [0.25, 0.3) is 5.91 Å². The fraction of sp³-hybridized carbons (Fsp3) is 0.333. The van der Waals surface area contributed by atoms with Crippen LogP contribution in [0.15, 0.2) is 48.5 Å².